The zero-order valence-corrected chi connectivity index (χ0v) is 18.1. The molecule has 2 amide bonds. The molecule has 0 N–H and O–H groups in total. The summed E-state index contributed by atoms with van der Waals surface area (Å²) in [7, 11) is 0. The second-order valence-electron chi connectivity index (χ2n) is 8.11. The Morgan fingerprint density at radius 2 is 1.69 bits per heavy atom. The summed E-state index contributed by atoms with van der Waals surface area (Å²) in [5, 5.41) is 9.75. The topological polar surface area (TPSA) is 91.4 Å². The van der Waals surface area contributed by atoms with Crippen LogP contribution >= 0.6 is 0 Å². The summed E-state index contributed by atoms with van der Waals surface area (Å²) in [6.07, 6.45) is 0.886. The van der Waals surface area contributed by atoms with E-state index in [-0.39, 0.29) is 18.4 Å². The summed E-state index contributed by atoms with van der Waals surface area (Å²) in [4.78, 5) is 31.9. The highest BCUT2D eigenvalue weighted by Crippen LogP contribution is 2.33. The Hall–Kier alpha value is -3.81. The first-order valence-electron chi connectivity index (χ1n) is 10.6. The lowest BCUT2D eigenvalue weighted by atomic mass is 10.1. The van der Waals surface area contributed by atoms with E-state index in [9.17, 15) is 9.59 Å². The first-order valence-corrected chi connectivity index (χ1v) is 10.6. The van der Waals surface area contributed by atoms with Crippen molar-refractivity contribution in [3.8, 4) is 11.5 Å². The van der Waals surface area contributed by atoms with Crippen LogP contribution in [-0.2, 0) is 22.6 Å². The van der Waals surface area contributed by atoms with Crippen LogP contribution in [0.4, 0.5) is 5.69 Å². The van der Waals surface area contributed by atoms with E-state index in [4.69, 9.17) is 4.42 Å². The zero-order chi connectivity index (χ0) is 22.4. The monoisotopic (exact) mass is 429 g/mol. The minimum absolute atomic E-state index is 0.230. The lowest BCUT2D eigenvalue weighted by Crippen LogP contribution is -2.39. The van der Waals surface area contributed by atoms with Crippen molar-refractivity contribution in [1.82, 2.24) is 9.99 Å². The highest BCUT2D eigenvalue weighted by molar-refractivity contribution is 6.25. The number of aryl methyl sites for hydroxylation is 3. The molecular weight excluding hydrogens is 406 g/mol. The molecule has 0 aliphatic carbocycles. The van der Waals surface area contributed by atoms with Gasteiger partial charge in [-0.1, -0.05) is 42.0 Å². The van der Waals surface area contributed by atoms with Gasteiger partial charge in [0.05, 0.1) is 12.2 Å². The van der Waals surface area contributed by atoms with E-state index >= 15 is 0 Å². The number of fused-ring (bicyclic) bond motifs is 1. The Kier molecular flexibility index (Phi) is 4.84. The summed E-state index contributed by atoms with van der Waals surface area (Å²) in [6, 6.07) is 13.7. The Balaban J connectivity index is 1.38. The highest BCUT2D eigenvalue weighted by atomic mass is 16.4. The van der Waals surface area contributed by atoms with Crippen LogP contribution in [0.1, 0.15) is 29.5 Å². The van der Waals surface area contributed by atoms with E-state index < -0.39 is 12.1 Å². The van der Waals surface area contributed by atoms with Crippen LogP contribution in [0.15, 0.2) is 63.3 Å². The van der Waals surface area contributed by atoms with Gasteiger partial charge in [-0.25, -0.2) is 9.88 Å². The first-order chi connectivity index (χ1) is 15.5. The number of hydrogen-bond donors (Lipinski definition) is 0. The van der Waals surface area contributed by atoms with Gasteiger partial charge in [0.25, 0.3) is 11.8 Å². The Morgan fingerprint density at radius 3 is 2.38 bits per heavy atom. The average molecular weight is 429 g/mol. The van der Waals surface area contributed by atoms with E-state index in [0.29, 0.717) is 23.0 Å². The third kappa shape index (κ3) is 3.28. The van der Waals surface area contributed by atoms with Crippen LogP contribution in [-0.4, -0.2) is 33.9 Å². The van der Waals surface area contributed by atoms with E-state index in [1.54, 1.807) is 12.1 Å². The lowest BCUT2D eigenvalue weighted by Gasteiger charge is -2.20. The number of carbonyl (C=O) groups excluding carboxylic acids is 2. The van der Waals surface area contributed by atoms with Crippen molar-refractivity contribution in [2.45, 2.75) is 45.8 Å². The fourth-order valence-electron chi connectivity index (χ4n) is 4.04. The molecule has 162 valence electrons. The van der Waals surface area contributed by atoms with Crippen molar-refractivity contribution >= 4 is 17.5 Å². The van der Waals surface area contributed by atoms with Crippen LogP contribution in [0, 0.1) is 13.8 Å². The molecule has 1 aromatic heterocycles. The molecule has 1 fully saturated rings. The fourth-order valence-corrected chi connectivity index (χ4v) is 4.04. The molecule has 1 saturated heterocycles. The number of hydrogen-bond acceptors (Lipinski definition) is 7. The van der Waals surface area contributed by atoms with E-state index in [1.165, 1.54) is 9.91 Å². The number of rotatable bonds is 5. The molecule has 2 atom stereocenters. The number of aromatic nitrogens is 1. The molecule has 0 spiro atoms. The standard InChI is InChI=1S/C24H23N5O3/c1-4-16-7-11-18(12-8-16)29-23(30)20-21(24(29)31)28(27-26-20)13-19-15(3)32-22(25-19)17-9-5-14(2)6-10-17/h5-12,20-21H,4,13H2,1-3H3/t20-,21-/m1/s1. The molecule has 3 aromatic rings. The molecule has 0 bridgehead atoms. The molecule has 32 heavy (non-hydrogen) atoms. The maximum absolute atomic E-state index is 13.2. The quantitative estimate of drug-likeness (QED) is 0.572. The molecule has 8 nitrogen and oxygen atoms in total. The summed E-state index contributed by atoms with van der Waals surface area (Å²) < 4.78 is 5.85. The molecule has 2 aliphatic rings. The summed E-state index contributed by atoms with van der Waals surface area (Å²) >= 11 is 0. The van der Waals surface area contributed by atoms with Crippen LogP contribution in [0.3, 0.4) is 0 Å². The number of imide groups is 1. The summed E-state index contributed by atoms with van der Waals surface area (Å²) in [6.45, 7) is 6.13. The minimum Gasteiger partial charge on any atom is -0.441 e. The van der Waals surface area contributed by atoms with E-state index in [0.717, 1.165) is 23.1 Å². The minimum atomic E-state index is -0.836. The molecule has 3 heterocycles. The number of anilines is 1. The Bertz CT molecular complexity index is 1210. The molecular formula is C24H23N5O3. The van der Waals surface area contributed by atoms with Gasteiger partial charge in [0.1, 0.15) is 11.5 Å². The third-order valence-corrected chi connectivity index (χ3v) is 5.96. The maximum Gasteiger partial charge on any atom is 0.263 e. The van der Waals surface area contributed by atoms with E-state index in [1.807, 2.05) is 50.2 Å². The predicted molar refractivity (Wildman–Crippen MR) is 118 cm³/mol. The molecule has 2 aromatic carbocycles. The normalized spacial score (nSPS) is 19.8. The highest BCUT2D eigenvalue weighted by Gasteiger charge is 2.54. The van der Waals surface area contributed by atoms with Crippen LogP contribution < -0.4 is 4.90 Å². The van der Waals surface area contributed by atoms with Crippen molar-refractivity contribution in [2.24, 2.45) is 10.3 Å². The summed E-state index contributed by atoms with van der Waals surface area (Å²) in [5.74, 6) is 0.474. The van der Waals surface area contributed by atoms with Crippen molar-refractivity contribution in [1.29, 1.82) is 0 Å². The molecule has 0 saturated carbocycles. The first kappa shape index (κ1) is 20.1. The number of benzene rings is 2. The second-order valence-corrected chi connectivity index (χ2v) is 8.11. The lowest BCUT2D eigenvalue weighted by molar-refractivity contribution is -0.123. The van der Waals surface area contributed by atoms with Gasteiger partial charge in [-0.05, 0) is 50.1 Å². The van der Waals surface area contributed by atoms with Gasteiger partial charge >= 0.3 is 0 Å². The van der Waals surface area contributed by atoms with Crippen molar-refractivity contribution in [3.05, 3.63) is 71.1 Å². The van der Waals surface area contributed by atoms with E-state index in [2.05, 4.69) is 22.2 Å². The van der Waals surface area contributed by atoms with Gasteiger partial charge in [-0.15, -0.1) is 0 Å². The van der Waals surface area contributed by atoms with Crippen molar-refractivity contribution in [3.63, 3.8) is 0 Å². The third-order valence-electron chi connectivity index (χ3n) is 5.96. The maximum atomic E-state index is 13.2. The van der Waals surface area contributed by atoms with Crippen molar-refractivity contribution < 1.29 is 14.0 Å². The fraction of sp³-hybridized carbons (Fsp3) is 0.292. The largest absolute Gasteiger partial charge is 0.441 e. The predicted octanol–water partition coefficient (Wildman–Crippen LogP) is 4.01. The number of oxazole rings is 1. The second kappa shape index (κ2) is 7.71. The molecule has 5 rings (SSSR count). The number of nitrogens with zero attached hydrogens (tertiary/aromatic N) is 5. The number of carbonyl (C=O) groups is 2. The van der Waals surface area contributed by atoms with Gasteiger partial charge in [0.15, 0.2) is 12.1 Å². The van der Waals surface area contributed by atoms with Crippen LogP contribution in [0.2, 0.25) is 0 Å². The van der Waals surface area contributed by atoms with Crippen molar-refractivity contribution in [2.75, 3.05) is 4.90 Å². The van der Waals surface area contributed by atoms with Crippen LogP contribution in [0.5, 0.6) is 0 Å². The Labute approximate surface area is 185 Å². The van der Waals surface area contributed by atoms with Gasteiger partial charge in [0, 0.05) is 5.56 Å². The van der Waals surface area contributed by atoms with Gasteiger partial charge < -0.3 is 4.42 Å². The number of amides is 2. The van der Waals surface area contributed by atoms with Crippen LogP contribution in [0.25, 0.3) is 11.5 Å². The smallest absolute Gasteiger partial charge is 0.263 e. The molecule has 2 aliphatic heterocycles. The molecule has 0 unspecified atom stereocenters. The molecule has 8 heteroatoms. The van der Waals surface area contributed by atoms with Gasteiger partial charge in [0.2, 0.25) is 5.89 Å². The average Bonchev–Trinajstić information content (AvgIpc) is 3.45. The zero-order valence-electron chi connectivity index (χ0n) is 18.1. The van der Waals surface area contributed by atoms with Gasteiger partial charge in [-0.3, -0.25) is 14.6 Å². The Morgan fingerprint density at radius 1 is 0.969 bits per heavy atom. The SMILES string of the molecule is CCc1ccc(N2C(=O)[C@@H]3N=NN(Cc4nc(-c5ccc(C)cc5)oc4C)[C@H]3C2=O)cc1. The summed E-state index contributed by atoms with van der Waals surface area (Å²) in [5.41, 5.74) is 4.38. The molecule has 0 radical (unpaired) electrons. The van der Waals surface area contributed by atoms with Gasteiger partial charge in [-0.2, -0.15) is 5.11 Å².